The van der Waals surface area contributed by atoms with Gasteiger partial charge in [-0.1, -0.05) is 65.7 Å². The molecule has 1 unspecified atom stereocenters. The number of hydroxylamine groups is 1. The van der Waals surface area contributed by atoms with Crippen LogP contribution in [0.1, 0.15) is 11.7 Å². The van der Waals surface area contributed by atoms with Gasteiger partial charge in [0.05, 0.1) is 5.69 Å². The summed E-state index contributed by atoms with van der Waals surface area (Å²) < 4.78 is 0. The second-order valence-corrected chi connectivity index (χ2v) is 6.61. The van der Waals surface area contributed by atoms with Crippen molar-refractivity contribution in [3.8, 4) is 0 Å². The second kappa shape index (κ2) is 6.90. The van der Waals surface area contributed by atoms with Gasteiger partial charge in [0, 0.05) is 21.3 Å². The molecule has 1 saturated heterocycles. The summed E-state index contributed by atoms with van der Waals surface area (Å²) in [6.45, 7) is 0. The summed E-state index contributed by atoms with van der Waals surface area (Å²) in [6.07, 6.45) is -1.03. The monoisotopic (exact) mass is 384 g/mol. The Morgan fingerprint density at radius 2 is 1.42 bits per heavy atom. The van der Waals surface area contributed by atoms with E-state index >= 15 is 0 Å². The molecule has 0 N–H and O–H groups in total. The van der Waals surface area contributed by atoms with Crippen molar-refractivity contribution in [3.05, 3.63) is 94.5 Å². The number of nitrogens with zero attached hydrogens (tertiary/aromatic N) is 2. The largest absolute Gasteiger partial charge is 0.440 e. The van der Waals surface area contributed by atoms with Gasteiger partial charge < -0.3 is 4.84 Å². The highest BCUT2D eigenvalue weighted by Crippen LogP contribution is 2.42. The minimum Gasteiger partial charge on any atom is -0.319 e. The molecule has 3 aromatic carbocycles. The molecular formula is C20H14Cl2N2O2. The molecular weight excluding hydrogens is 371 g/mol. The van der Waals surface area contributed by atoms with Crippen LogP contribution in [0, 0.1) is 0 Å². The van der Waals surface area contributed by atoms with E-state index in [1.165, 1.54) is 0 Å². The summed E-state index contributed by atoms with van der Waals surface area (Å²) in [5, 5.41) is 2.55. The second-order valence-electron chi connectivity index (χ2n) is 5.76. The fourth-order valence-electron chi connectivity index (χ4n) is 2.96. The molecule has 0 saturated carbocycles. The van der Waals surface area contributed by atoms with E-state index in [0.717, 1.165) is 11.3 Å². The first-order valence-electron chi connectivity index (χ1n) is 8.00. The van der Waals surface area contributed by atoms with E-state index in [1.54, 1.807) is 22.1 Å². The number of carbonyl (C=O) groups excluding carboxylic acids is 1. The molecule has 0 spiro atoms. The van der Waals surface area contributed by atoms with Crippen LogP contribution in [0.5, 0.6) is 0 Å². The molecule has 3 aromatic rings. The van der Waals surface area contributed by atoms with Crippen molar-refractivity contribution in [1.82, 2.24) is 0 Å². The Bertz CT molecular complexity index is 935. The SMILES string of the molecule is O=C1ON(c2ccccc2)C(c2ccc(Cl)cc2Cl)N1c1ccccc1. The third-order valence-electron chi connectivity index (χ3n) is 4.13. The highest BCUT2D eigenvalue weighted by atomic mass is 35.5. The van der Waals surface area contributed by atoms with Crippen molar-refractivity contribution in [2.45, 2.75) is 6.17 Å². The molecule has 6 heteroatoms. The van der Waals surface area contributed by atoms with Crippen molar-refractivity contribution < 1.29 is 9.63 Å². The maximum Gasteiger partial charge on any atom is 0.440 e. The van der Waals surface area contributed by atoms with E-state index < -0.39 is 12.3 Å². The molecule has 1 atom stereocenters. The molecule has 1 heterocycles. The van der Waals surface area contributed by atoms with Gasteiger partial charge in [-0.05, 0) is 36.4 Å². The van der Waals surface area contributed by atoms with Crippen LogP contribution in [0.4, 0.5) is 16.2 Å². The molecule has 130 valence electrons. The van der Waals surface area contributed by atoms with Crippen molar-refractivity contribution in [1.29, 1.82) is 0 Å². The Morgan fingerprint density at radius 1 is 0.808 bits per heavy atom. The number of halogens is 2. The van der Waals surface area contributed by atoms with Gasteiger partial charge >= 0.3 is 6.09 Å². The fraction of sp³-hybridized carbons (Fsp3) is 0.0500. The molecule has 1 fully saturated rings. The first kappa shape index (κ1) is 16.8. The van der Waals surface area contributed by atoms with Crippen molar-refractivity contribution in [2.24, 2.45) is 0 Å². The normalized spacial score (nSPS) is 16.7. The lowest BCUT2D eigenvalue weighted by molar-refractivity contribution is 0.164. The van der Waals surface area contributed by atoms with Gasteiger partial charge in [0.1, 0.15) is 0 Å². The van der Waals surface area contributed by atoms with Crippen molar-refractivity contribution in [2.75, 3.05) is 9.96 Å². The maximum absolute atomic E-state index is 12.7. The molecule has 1 aliphatic heterocycles. The van der Waals surface area contributed by atoms with E-state index in [4.69, 9.17) is 28.0 Å². The van der Waals surface area contributed by atoms with E-state index in [2.05, 4.69) is 0 Å². The van der Waals surface area contributed by atoms with Gasteiger partial charge in [-0.3, -0.25) is 0 Å². The van der Waals surface area contributed by atoms with E-state index in [-0.39, 0.29) is 0 Å². The maximum atomic E-state index is 12.7. The number of hydrogen-bond donors (Lipinski definition) is 0. The number of benzene rings is 3. The lowest BCUT2D eigenvalue weighted by atomic mass is 10.1. The summed E-state index contributed by atoms with van der Waals surface area (Å²) in [6, 6.07) is 24.0. The summed E-state index contributed by atoms with van der Waals surface area (Å²) in [7, 11) is 0. The number of para-hydroxylation sites is 2. The number of amides is 1. The van der Waals surface area contributed by atoms with E-state index in [0.29, 0.717) is 15.7 Å². The fourth-order valence-corrected chi connectivity index (χ4v) is 3.47. The quantitative estimate of drug-likeness (QED) is 0.549. The third-order valence-corrected chi connectivity index (χ3v) is 4.69. The van der Waals surface area contributed by atoms with Gasteiger partial charge in [-0.15, -0.1) is 0 Å². The highest BCUT2D eigenvalue weighted by molar-refractivity contribution is 6.35. The summed E-state index contributed by atoms with van der Waals surface area (Å²) >= 11 is 12.5. The smallest absolute Gasteiger partial charge is 0.319 e. The lowest BCUT2D eigenvalue weighted by Gasteiger charge is -2.28. The number of anilines is 2. The summed E-state index contributed by atoms with van der Waals surface area (Å²) in [5.41, 5.74) is 2.18. The molecule has 0 aliphatic carbocycles. The Morgan fingerprint density at radius 3 is 2.04 bits per heavy atom. The minimum atomic E-state index is -0.558. The van der Waals surface area contributed by atoms with Crippen molar-refractivity contribution in [3.63, 3.8) is 0 Å². The standard InChI is InChI=1S/C20H14Cl2N2O2/c21-14-11-12-17(18(22)13-14)19-23(15-7-3-1-4-8-15)20(25)26-24(19)16-9-5-2-6-10-16/h1-13,19H. The molecule has 1 amide bonds. The van der Waals surface area contributed by atoms with Crippen LogP contribution in [-0.2, 0) is 4.84 Å². The highest BCUT2D eigenvalue weighted by Gasteiger charge is 2.43. The van der Waals surface area contributed by atoms with Crippen LogP contribution >= 0.6 is 23.2 Å². The first-order chi connectivity index (χ1) is 12.6. The zero-order valence-electron chi connectivity index (χ0n) is 13.5. The zero-order valence-corrected chi connectivity index (χ0v) is 15.1. The Balaban J connectivity index is 1.87. The molecule has 0 radical (unpaired) electrons. The number of hydrogen-bond acceptors (Lipinski definition) is 3. The molecule has 0 aromatic heterocycles. The molecule has 4 nitrogen and oxygen atoms in total. The van der Waals surface area contributed by atoms with Gasteiger partial charge in [0.25, 0.3) is 0 Å². The van der Waals surface area contributed by atoms with Crippen LogP contribution in [0.3, 0.4) is 0 Å². The predicted octanol–water partition coefficient (Wildman–Crippen LogP) is 6.07. The van der Waals surface area contributed by atoms with Crippen molar-refractivity contribution >= 4 is 40.7 Å². The molecule has 26 heavy (non-hydrogen) atoms. The number of carbonyl (C=O) groups is 1. The topological polar surface area (TPSA) is 32.8 Å². The molecule has 0 bridgehead atoms. The Hall–Kier alpha value is -2.69. The summed E-state index contributed by atoms with van der Waals surface area (Å²) in [4.78, 5) is 19.9. The van der Waals surface area contributed by atoms with Crippen LogP contribution < -0.4 is 9.96 Å². The summed E-state index contributed by atoms with van der Waals surface area (Å²) in [5.74, 6) is 0. The zero-order chi connectivity index (χ0) is 18.1. The van der Waals surface area contributed by atoms with Gasteiger partial charge in [0.2, 0.25) is 0 Å². The predicted molar refractivity (Wildman–Crippen MR) is 104 cm³/mol. The van der Waals surface area contributed by atoms with Crippen LogP contribution in [-0.4, -0.2) is 6.09 Å². The van der Waals surface area contributed by atoms with Gasteiger partial charge in [-0.2, -0.15) is 5.06 Å². The average Bonchev–Trinajstić information content (AvgIpc) is 3.00. The Labute approximate surface area is 161 Å². The van der Waals surface area contributed by atoms with Crippen LogP contribution in [0.15, 0.2) is 78.9 Å². The Kier molecular flexibility index (Phi) is 4.45. The lowest BCUT2D eigenvalue weighted by Crippen LogP contribution is -2.32. The number of rotatable bonds is 3. The van der Waals surface area contributed by atoms with Crippen LogP contribution in [0.25, 0.3) is 0 Å². The van der Waals surface area contributed by atoms with E-state index in [1.807, 2.05) is 66.7 Å². The third kappa shape index (κ3) is 2.98. The minimum absolute atomic E-state index is 0.461. The molecule has 1 aliphatic rings. The average molecular weight is 385 g/mol. The van der Waals surface area contributed by atoms with Crippen LogP contribution in [0.2, 0.25) is 10.0 Å². The van der Waals surface area contributed by atoms with Gasteiger partial charge in [-0.25, -0.2) is 9.69 Å². The van der Waals surface area contributed by atoms with E-state index in [9.17, 15) is 4.79 Å². The molecule has 4 rings (SSSR count). The van der Waals surface area contributed by atoms with Gasteiger partial charge in [0.15, 0.2) is 6.17 Å². The first-order valence-corrected chi connectivity index (χ1v) is 8.76.